The van der Waals surface area contributed by atoms with Crippen LogP contribution in [0.1, 0.15) is 54.4 Å². The zero-order chi connectivity index (χ0) is 32.4. The number of halogens is 1. The Labute approximate surface area is 308 Å². The Morgan fingerprint density at radius 2 is 1.57 bits per heavy atom. The first-order valence-corrected chi connectivity index (χ1v) is 19.1. The van der Waals surface area contributed by atoms with Crippen molar-refractivity contribution in [3.8, 4) is 0 Å². The van der Waals surface area contributed by atoms with E-state index in [9.17, 15) is 9.59 Å². The van der Waals surface area contributed by atoms with E-state index in [-0.39, 0.29) is 57.5 Å². The van der Waals surface area contributed by atoms with Crippen LogP contribution in [-0.2, 0) is 9.16 Å². The van der Waals surface area contributed by atoms with E-state index in [1.807, 2.05) is 62.2 Å². The number of likely N-dealkylation sites (tertiary alicyclic amines) is 1. The number of hydrogen-bond donors (Lipinski definition) is 1. The van der Waals surface area contributed by atoms with Gasteiger partial charge in [0.1, 0.15) is 5.60 Å². The van der Waals surface area contributed by atoms with Crippen molar-refractivity contribution in [3.63, 3.8) is 0 Å². The van der Waals surface area contributed by atoms with Gasteiger partial charge in [-0.2, -0.15) is 0 Å². The SMILES string of the molecule is CC(C)(C)OC(=O)N1CC[C@H](Sc2c[nH]c(=O)c3ccc(Br)cc23)C[C@H]1CO[Si](c1ccccc1)(c1ccccc1)C(C)(C)C.[Na]. The van der Waals surface area contributed by atoms with Gasteiger partial charge in [-0.3, -0.25) is 4.79 Å². The zero-order valence-corrected chi connectivity index (χ0v) is 33.3. The van der Waals surface area contributed by atoms with Gasteiger partial charge < -0.3 is 19.0 Å². The summed E-state index contributed by atoms with van der Waals surface area (Å²) < 4.78 is 14.2. The Hall–Kier alpha value is -1.85. The van der Waals surface area contributed by atoms with Gasteiger partial charge >= 0.3 is 6.09 Å². The Kier molecular flexibility index (Phi) is 12.2. The molecule has 0 unspecified atom stereocenters. The predicted molar refractivity (Wildman–Crippen MR) is 197 cm³/mol. The molecule has 1 aromatic heterocycles. The molecule has 2 heterocycles. The van der Waals surface area contributed by atoms with Crippen LogP contribution in [0.2, 0.25) is 5.04 Å². The molecule has 1 N–H and O–H groups in total. The molecule has 6 nitrogen and oxygen atoms in total. The summed E-state index contributed by atoms with van der Waals surface area (Å²) in [5.41, 5.74) is -0.702. The Balaban J connectivity index is 0.00000480. The molecular formula is C36H43BrN2NaO4SSi. The molecule has 4 aromatic rings. The molecule has 0 spiro atoms. The number of nitrogens with one attached hydrogen (secondary N) is 1. The molecule has 10 heteroatoms. The van der Waals surface area contributed by atoms with E-state index in [2.05, 4.69) is 90.2 Å². The molecule has 0 aliphatic carbocycles. The van der Waals surface area contributed by atoms with Crippen LogP contribution in [0.25, 0.3) is 10.8 Å². The second-order valence-corrected chi connectivity index (χ2v) is 20.3. The fraction of sp³-hybridized carbons (Fsp3) is 0.389. The summed E-state index contributed by atoms with van der Waals surface area (Å²) in [6.45, 7) is 13.5. The van der Waals surface area contributed by atoms with Crippen molar-refractivity contribution in [1.29, 1.82) is 0 Å². The van der Waals surface area contributed by atoms with Gasteiger partial charge in [-0.25, -0.2) is 4.79 Å². The maximum atomic E-state index is 13.6. The van der Waals surface area contributed by atoms with Crippen molar-refractivity contribution in [1.82, 2.24) is 9.88 Å². The minimum atomic E-state index is -2.82. The minimum Gasteiger partial charge on any atom is -0.444 e. The van der Waals surface area contributed by atoms with Crippen LogP contribution in [0.4, 0.5) is 4.79 Å². The van der Waals surface area contributed by atoms with Crippen LogP contribution in [0.3, 0.4) is 0 Å². The van der Waals surface area contributed by atoms with E-state index in [0.29, 0.717) is 18.5 Å². The summed E-state index contributed by atoms with van der Waals surface area (Å²) in [6.07, 6.45) is 3.04. The van der Waals surface area contributed by atoms with Crippen LogP contribution < -0.4 is 15.9 Å². The summed E-state index contributed by atoms with van der Waals surface area (Å²) in [5, 5.41) is 4.04. The van der Waals surface area contributed by atoms with E-state index >= 15 is 0 Å². The monoisotopic (exact) mass is 729 g/mol. The Morgan fingerprint density at radius 1 is 0.957 bits per heavy atom. The van der Waals surface area contributed by atoms with Crippen LogP contribution >= 0.6 is 27.7 Å². The van der Waals surface area contributed by atoms with Crippen molar-refractivity contribution in [2.24, 2.45) is 0 Å². The van der Waals surface area contributed by atoms with Crippen molar-refractivity contribution >= 4 is 92.8 Å². The molecule has 1 saturated heterocycles. The van der Waals surface area contributed by atoms with E-state index in [0.717, 1.165) is 27.6 Å². The van der Waals surface area contributed by atoms with E-state index in [4.69, 9.17) is 9.16 Å². The van der Waals surface area contributed by atoms with Crippen LogP contribution in [-0.4, -0.2) is 83.9 Å². The topological polar surface area (TPSA) is 71.6 Å². The molecule has 239 valence electrons. The van der Waals surface area contributed by atoms with Crippen LogP contribution in [0.15, 0.2) is 99.2 Å². The number of amides is 1. The number of rotatable bonds is 7. The molecule has 1 aliphatic heterocycles. The maximum Gasteiger partial charge on any atom is 0.410 e. The fourth-order valence-corrected chi connectivity index (χ4v) is 12.6. The smallest absolute Gasteiger partial charge is 0.410 e. The van der Waals surface area contributed by atoms with Gasteiger partial charge in [-0.1, -0.05) is 97.4 Å². The first kappa shape index (κ1) is 37.0. The molecule has 0 bridgehead atoms. The number of hydrogen-bond acceptors (Lipinski definition) is 5. The second-order valence-electron chi connectivity index (χ2n) is 13.7. The standard InChI is InChI=1S/C36H43BrN2O4SSi.Na/c1-35(2,3)43-34(41)39-20-19-27(44-32-23-38-33(40)30-18-17-25(37)21-31(30)32)22-26(39)24-42-45(36(4,5)6,28-13-9-7-10-14-28)29-15-11-8-12-16-29;/h7-18,21,23,26-27H,19-20,22,24H2,1-6H3,(H,38,40);/t26-,27-;/m0./s1. The molecule has 1 radical (unpaired) electrons. The van der Waals surface area contributed by atoms with Crippen LogP contribution in [0, 0.1) is 0 Å². The van der Waals surface area contributed by atoms with Crippen molar-refractivity contribution in [2.45, 2.75) is 81.2 Å². The van der Waals surface area contributed by atoms with E-state index in [1.54, 1.807) is 11.8 Å². The quantitative estimate of drug-likeness (QED) is 0.202. The van der Waals surface area contributed by atoms with Gasteiger partial charge in [-0.15, -0.1) is 11.8 Å². The number of pyridine rings is 1. The van der Waals surface area contributed by atoms with E-state index in [1.165, 1.54) is 10.4 Å². The largest absolute Gasteiger partial charge is 0.444 e. The van der Waals surface area contributed by atoms with Gasteiger partial charge in [0.25, 0.3) is 13.9 Å². The molecule has 1 aliphatic rings. The van der Waals surface area contributed by atoms with Crippen molar-refractivity contribution in [3.05, 3.63) is 99.9 Å². The van der Waals surface area contributed by atoms with E-state index < -0.39 is 13.9 Å². The maximum absolute atomic E-state index is 13.6. The molecule has 3 aromatic carbocycles. The molecule has 1 fully saturated rings. The third-order valence-corrected chi connectivity index (χ3v) is 15.2. The number of aromatic nitrogens is 1. The number of nitrogens with zero attached hydrogens (tertiary/aromatic N) is 1. The normalized spacial score (nSPS) is 17.4. The third kappa shape index (κ3) is 8.22. The summed E-state index contributed by atoms with van der Waals surface area (Å²) in [4.78, 5) is 32.0. The molecular weight excluding hydrogens is 687 g/mol. The Morgan fingerprint density at radius 3 is 2.13 bits per heavy atom. The average Bonchev–Trinajstić information content (AvgIpc) is 2.98. The summed E-state index contributed by atoms with van der Waals surface area (Å²) in [6, 6.07) is 26.8. The zero-order valence-electron chi connectivity index (χ0n) is 27.9. The number of fused-ring (bicyclic) bond motifs is 1. The molecule has 2 atom stereocenters. The first-order chi connectivity index (χ1) is 21.3. The number of carbonyl (C=O) groups excluding carboxylic acids is 1. The first-order valence-electron chi connectivity index (χ1n) is 15.5. The minimum absolute atomic E-state index is 0. The fourth-order valence-electron chi connectivity index (χ4n) is 6.30. The number of H-pyrrole nitrogens is 1. The van der Waals surface area contributed by atoms with Gasteiger partial charge in [0.05, 0.1) is 12.6 Å². The number of benzene rings is 3. The second kappa shape index (κ2) is 15.1. The molecule has 46 heavy (non-hydrogen) atoms. The van der Waals surface area contributed by atoms with Gasteiger partial charge in [-0.05, 0) is 67.2 Å². The van der Waals surface area contributed by atoms with Crippen LogP contribution in [0.5, 0.6) is 0 Å². The Bertz CT molecular complexity index is 1650. The summed E-state index contributed by atoms with van der Waals surface area (Å²) in [7, 11) is -2.82. The van der Waals surface area contributed by atoms with Crippen molar-refractivity contribution in [2.75, 3.05) is 13.2 Å². The van der Waals surface area contributed by atoms with Gasteiger partial charge in [0.2, 0.25) is 0 Å². The summed E-state index contributed by atoms with van der Waals surface area (Å²) >= 11 is 5.33. The number of piperidine rings is 1. The molecule has 5 rings (SSSR count). The average molecular weight is 731 g/mol. The predicted octanol–water partition coefficient (Wildman–Crippen LogP) is 7.35. The number of carbonyl (C=O) groups is 1. The molecule has 1 amide bonds. The number of ether oxygens (including phenoxy) is 1. The number of aromatic amines is 1. The van der Waals surface area contributed by atoms with Crippen molar-refractivity contribution < 1.29 is 14.0 Å². The number of thioether (sulfide) groups is 1. The van der Waals surface area contributed by atoms with Gasteiger partial charge in [0.15, 0.2) is 0 Å². The van der Waals surface area contributed by atoms with Gasteiger partial charge in [0, 0.05) is 67.7 Å². The summed E-state index contributed by atoms with van der Waals surface area (Å²) in [5.74, 6) is 0. The molecule has 0 saturated carbocycles. The third-order valence-electron chi connectivity index (χ3n) is 8.32.